The molecule has 1 aliphatic heterocycles. The number of nitrogens with one attached hydrogen (secondary N) is 1. The summed E-state index contributed by atoms with van der Waals surface area (Å²) in [5.41, 5.74) is 0.620. The van der Waals surface area contributed by atoms with E-state index in [1.807, 2.05) is 22.2 Å². The monoisotopic (exact) mass is 363 g/mol. The molecule has 1 aliphatic rings. The van der Waals surface area contributed by atoms with E-state index in [2.05, 4.69) is 24.1 Å². The molecule has 1 unspecified atom stereocenters. The molecular formula is C17H21N3O2S2. The Morgan fingerprint density at radius 1 is 1.33 bits per heavy atom. The van der Waals surface area contributed by atoms with Crippen molar-refractivity contribution in [2.75, 3.05) is 0 Å². The molecule has 2 aromatic rings. The Morgan fingerprint density at radius 3 is 2.79 bits per heavy atom. The van der Waals surface area contributed by atoms with Crippen molar-refractivity contribution in [2.24, 2.45) is 5.92 Å². The van der Waals surface area contributed by atoms with E-state index in [4.69, 9.17) is 0 Å². The first-order valence-corrected chi connectivity index (χ1v) is 9.82. The van der Waals surface area contributed by atoms with E-state index in [0.29, 0.717) is 5.92 Å². The minimum absolute atomic E-state index is 0.220. The van der Waals surface area contributed by atoms with Gasteiger partial charge in [-0.05, 0) is 48.1 Å². The summed E-state index contributed by atoms with van der Waals surface area (Å²) in [4.78, 5) is 30.9. The van der Waals surface area contributed by atoms with Gasteiger partial charge in [0.25, 0.3) is 5.91 Å². The van der Waals surface area contributed by atoms with Gasteiger partial charge < -0.3 is 5.32 Å². The molecule has 1 atom stereocenters. The standard InChI is InChI=1S/C17H21N3O2S2/c1-11(2)4-5-14-18-13(10-24-14)8-20-15(21)17(3,19-16(20)22)12-6-7-23-9-12/h6-7,9-11H,4-5,8H2,1-3H3,(H,19,22). The summed E-state index contributed by atoms with van der Waals surface area (Å²) >= 11 is 3.11. The van der Waals surface area contributed by atoms with Crippen LogP contribution in [0.1, 0.15) is 43.5 Å². The molecule has 1 fully saturated rings. The van der Waals surface area contributed by atoms with Crippen LogP contribution < -0.4 is 5.32 Å². The van der Waals surface area contributed by atoms with E-state index >= 15 is 0 Å². The summed E-state index contributed by atoms with van der Waals surface area (Å²) in [6, 6.07) is 1.52. The third-order valence-electron chi connectivity index (χ3n) is 4.23. The SMILES string of the molecule is CC(C)CCc1nc(CN2C(=O)NC(C)(c3ccsc3)C2=O)cs1. The van der Waals surface area contributed by atoms with Crippen molar-refractivity contribution in [2.45, 2.75) is 45.7 Å². The second-order valence-corrected chi connectivity index (χ2v) is 8.35. The fraction of sp³-hybridized carbons (Fsp3) is 0.471. The van der Waals surface area contributed by atoms with Crippen LogP contribution in [0.2, 0.25) is 0 Å². The lowest BCUT2D eigenvalue weighted by Gasteiger charge is -2.20. The molecular weight excluding hydrogens is 342 g/mol. The minimum Gasteiger partial charge on any atom is -0.319 e. The van der Waals surface area contributed by atoms with E-state index in [0.717, 1.165) is 29.1 Å². The van der Waals surface area contributed by atoms with Crippen LogP contribution in [0.4, 0.5) is 4.79 Å². The molecule has 128 valence electrons. The van der Waals surface area contributed by atoms with Crippen LogP contribution in [0.3, 0.4) is 0 Å². The van der Waals surface area contributed by atoms with Crippen LogP contribution in [0.15, 0.2) is 22.2 Å². The van der Waals surface area contributed by atoms with Gasteiger partial charge in [-0.25, -0.2) is 9.78 Å². The predicted molar refractivity (Wildman–Crippen MR) is 96.0 cm³/mol. The summed E-state index contributed by atoms with van der Waals surface area (Å²) in [5.74, 6) is 0.414. The van der Waals surface area contributed by atoms with Gasteiger partial charge in [0.15, 0.2) is 0 Å². The average molecular weight is 364 g/mol. The zero-order chi connectivity index (χ0) is 17.3. The number of rotatable bonds is 6. The molecule has 1 saturated heterocycles. The fourth-order valence-electron chi connectivity index (χ4n) is 2.70. The lowest BCUT2D eigenvalue weighted by Crippen LogP contribution is -2.40. The van der Waals surface area contributed by atoms with Crippen molar-refractivity contribution in [3.63, 3.8) is 0 Å². The molecule has 3 rings (SSSR count). The molecule has 0 spiro atoms. The highest BCUT2D eigenvalue weighted by molar-refractivity contribution is 7.09. The molecule has 0 bridgehead atoms. The zero-order valence-corrected chi connectivity index (χ0v) is 15.7. The lowest BCUT2D eigenvalue weighted by molar-refractivity contribution is -0.131. The van der Waals surface area contributed by atoms with Crippen molar-refractivity contribution in [1.82, 2.24) is 15.2 Å². The fourth-order valence-corrected chi connectivity index (χ4v) is 4.27. The first kappa shape index (κ1) is 17.1. The van der Waals surface area contributed by atoms with Crippen molar-refractivity contribution in [3.05, 3.63) is 38.5 Å². The van der Waals surface area contributed by atoms with Crippen LogP contribution in [-0.4, -0.2) is 21.8 Å². The van der Waals surface area contributed by atoms with E-state index < -0.39 is 5.54 Å². The number of urea groups is 1. The zero-order valence-electron chi connectivity index (χ0n) is 14.0. The van der Waals surface area contributed by atoms with Gasteiger partial charge in [0.2, 0.25) is 0 Å². The molecule has 0 aromatic carbocycles. The van der Waals surface area contributed by atoms with Crippen LogP contribution in [0.25, 0.3) is 0 Å². The number of carbonyl (C=O) groups is 2. The maximum atomic E-state index is 12.8. The molecule has 5 nitrogen and oxygen atoms in total. The number of carbonyl (C=O) groups excluding carboxylic acids is 2. The smallest absolute Gasteiger partial charge is 0.319 e. The Labute approximate surface area is 149 Å². The van der Waals surface area contributed by atoms with Gasteiger partial charge in [0.05, 0.1) is 17.2 Å². The second-order valence-electron chi connectivity index (χ2n) is 6.62. The van der Waals surface area contributed by atoms with Crippen molar-refractivity contribution < 1.29 is 9.59 Å². The normalized spacial score (nSPS) is 20.9. The van der Waals surface area contributed by atoms with Gasteiger partial charge in [-0.1, -0.05) is 13.8 Å². The average Bonchev–Trinajstić information content (AvgIpc) is 3.24. The molecule has 1 N–H and O–H groups in total. The van der Waals surface area contributed by atoms with Crippen LogP contribution in [0, 0.1) is 5.92 Å². The number of aryl methyl sites for hydroxylation is 1. The molecule has 24 heavy (non-hydrogen) atoms. The highest BCUT2D eigenvalue weighted by Gasteiger charge is 2.49. The van der Waals surface area contributed by atoms with Gasteiger partial charge in [-0.3, -0.25) is 9.69 Å². The van der Waals surface area contributed by atoms with Crippen molar-refractivity contribution in [3.8, 4) is 0 Å². The van der Waals surface area contributed by atoms with Crippen LogP contribution in [0.5, 0.6) is 0 Å². The maximum absolute atomic E-state index is 12.8. The number of amides is 3. The Balaban J connectivity index is 1.72. The number of imide groups is 1. The molecule has 3 heterocycles. The first-order valence-electron chi connectivity index (χ1n) is 8.00. The Morgan fingerprint density at radius 2 is 2.12 bits per heavy atom. The molecule has 0 radical (unpaired) electrons. The summed E-state index contributed by atoms with van der Waals surface area (Å²) in [6.07, 6.45) is 2.03. The third kappa shape index (κ3) is 3.23. The van der Waals surface area contributed by atoms with Crippen LogP contribution in [-0.2, 0) is 23.3 Å². The minimum atomic E-state index is -0.979. The number of thiazole rings is 1. The number of thiophene rings is 1. The molecule has 2 aromatic heterocycles. The molecule has 7 heteroatoms. The van der Waals surface area contributed by atoms with Crippen molar-refractivity contribution >= 4 is 34.6 Å². The van der Waals surface area contributed by atoms with Gasteiger partial charge in [-0.15, -0.1) is 11.3 Å². The predicted octanol–water partition coefficient (Wildman–Crippen LogP) is 3.76. The van der Waals surface area contributed by atoms with Gasteiger partial charge >= 0.3 is 6.03 Å². The number of aromatic nitrogens is 1. The Kier molecular flexibility index (Phi) is 4.73. The molecule has 3 amide bonds. The van der Waals surface area contributed by atoms with Gasteiger partial charge in [0, 0.05) is 5.38 Å². The Bertz CT molecular complexity index is 739. The van der Waals surface area contributed by atoms with Crippen molar-refractivity contribution in [1.29, 1.82) is 0 Å². The topological polar surface area (TPSA) is 62.3 Å². The summed E-state index contributed by atoms with van der Waals surface area (Å²) in [7, 11) is 0. The second kappa shape index (κ2) is 6.64. The summed E-state index contributed by atoms with van der Waals surface area (Å²) < 4.78 is 0. The lowest BCUT2D eigenvalue weighted by atomic mass is 9.95. The molecule has 0 saturated carbocycles. The number of hydrogen-bond acceptors (Lipinski definition) is 5. The summed E-state index contributed by atoms with van der Waals surface area (Å²) in [6.45, 7) is 6.35. The highest BCUT2D eigenvalue weighted by Crippen LogP contribution is 2.31. The first-order chi connectivity index (χ1) is 11.4. The van der Waals surface area contributed by atoms with E-state index in [-0.39, 0.29) is 18.5 Å². The van der Waals surface area contributed by atoms with E-state index in [1.54, 1.807) is 18.3 Å². The molecule has 0 aliphatic carbocycles. The number of nitrogens with zero attached hydrogens (tertiary/aromatic N) is 2. The quantitative estimate of drug-likeness (QED) is 0.795. The van der Waals surface area contributed by atoms with Gasteiger partial charge in [-0.2, -0.15) is 11.3 Å². The third-order valence-corrected chi connectivity index (χ3v) is 5.87. The van der Waals surface area contributed by atoms with E-state index in [9.17, 15) is 9.59 Å². The van der Waals surface area contributed by atoms with Crippen LogP contribution >= 0.6 is 22.7 Å². The highest BCUT2D eigenvalue weighted by atomic mass is 32.1. The Hall–Kier alpha value is -1.73. The van der Waals surface area contributed by atoms with E-state index in [1.165, 1.54) is 16.2 Å². The van der Waals surface area contributed by atoms with Gasteiger partial charge in [0.1, 0.15) is 5.54 Å². The maximum Gasteiger partial charge on any atom is 0.325 e. The number of hydrogen-bond donors (Lipinski definition) is 1. The largest absolute Gasteiger partial charge is 0.325 e. The summed E-state index contributed by atoms with van der Waals surface area (Å²) in [5, 5.41) is 9.63.